The predicted molar refractivity (Wildman–Crippen MR) is 80.1 cm³/mol. The van der Waals surface area contributed by atoms with Crippen molar-refractivity contribution in [2.75, 3.05) is 19.8 Å². The molecule has 0 aromatic heterocycles. The molecule has 0 bridgehead atoms. The second-order valence-corrected chi connectivity index (χ2v) is 4.16. The zero-order valence-corrected chi connectivity index (χ0v) is 16.1. The van der Waals surface area contributed by atoms with Gasteiger partial charge in [-0.3, -0.25) is 12.9 Å². The van der Waals surface area contributed by atoms with Crippen LogP contribution in [-0.4, -0.2) is 19.8 Å². The maximum absolute atomic E-state index is 4.88. The zero-order chi connectivity index (χ0) is 14.5. The zero-order valence-electron chi connectivity index (χ0n) is 12.2. The Kier molecular flexibility index (Phi) is 55.1. The van der Waals surface area contributed by atoms with Crippen LogP contribution < -0.4 is 0 Å². The molecule has 0 heterocycles. The van der Waals surface area contributed by atoms with Crippen molar-refractivity contribution in [2.24, 2.45) is 0 Å². The summed E-state index contributed by atoms with van der Waals surface area (Å²) in [5.41, 5.74) is 0. The molecule has 0 aromatic carbocycles. The predicted octanol–water partition coefficient (Wildman–Crippen LogP) is 5.87. The van der Waals surface area contributed by atoms with Crippen LogP contribution in [0.4, 0.5) is 0 Å². The molecule has 0 saturated carbocycles. The monoisotopic (exact) mass is 372 g/mol. The minimum atomic E-state index is 0. The van der Waals surface area contributed by atoms with Crippen LogP contribution in [0.5, 0.6) is 0 Å². The van der Waals surface area contributed by atoms with Gasteiger partial charge in [0.15, 0.2) is 0 Å². The quantitative estimate of drug-likeness (QED) is 0.374. The van der Waals surface area contributed by atoms with Crippen LogP contribution in [-0.2, 0) is 34.6 Å². The van der Waals surface area contributed by atoms with E-state index in [2.05, 4.69) is 33.6 Å². The largest absolute Gasteiger partial charge is 0.279 e. The van der Waals surface area contributed by atoms with E-state index in [4.69, 9.17) is 35.6 Å². The summed E-state index contributed by atoms with van der Waals surface area (Å²) in [7, 11) is 0. The topological polar surface area (TPSA) is 27.7 Å². The van der Waals surface area contributed by atoms with E-state index in [9.17, 15) is 0 Å². The maximum atomic E-state index is 4.88. The van der Waals surface area contributed by atoms with Gasteiger partial charge in [0.2, 0.25) is 0 Å². The Bertz CT molecular complexity index is 83.2. The molecule has 0 aliphatic carbocycles. The van der Waals surface area contributed by atoms with E-state index < -0.39 is 0 Å². The van der Waals surface area contributed by atoms with Crippen molar-refractivity contribution in [1.82, 2.24) is 0 Å². The Labute approximate surface area is 149 Å². The molecular weight excluding hydrogens is 346 g/mol. The molecule has 0 unspecified atom stereocenters. The van der Waals surface area contributed by atoms with E-state index in [1.165, 1.54) is 0 Å². The molecule has 0 N–H and O–H groups in total. The second kappa shape index (κ2) is 36.6. The van der Waals surface area contributed by atoms with Crippen LogP contribution in [0.1, 0.15) is 59.3 Å². The van der Waals surface area contributed by atoms with Gasteiger partial charge in [0.25, 0.3) is 0 Å². The fraction of sp³-hybridized carbons (Fsp3) is 1.00. The van der Waals surface area contributed by atoms with Gasteiger partial charge in [-0.05, 0) is 19.3 Å². The van der Waals surface area contributed by atoms with Gasteiger partial charge in [-0.2, -0.15) is 0 Å². The fourth-order valence-corrected chi connectivity index (χ4v) is 0.924. The van der Waals surface area contributed by atoms with Gasteiger partial charge in [-0.1, -0.05) is 40.0 Å². The molecule has 19 heavy (non-hydrogen) atoms. The second-order valence-electron chi connectivity index (χ2n) is 3.50. The first-order valence-electron chi connectivity index (χ1n) is 6.45. The van der Waals surface area contributed by atoms with Gasteiger partial charge in [-0.15, -0.1) is 0 Å². The summed E-state index contributed by atoms with van der Waals surface area (Å²) in [6.45, 7) is 8.32. The summed E-state index contributed by atoms with van der Waals surface area (Å²) in [4.78, 5) is 0. The van der Waals surface area contributed by atoms with E-state index in [1.807, 2.05) is 0 Å². The standard InChI is InChI=1S/3C4H9ClO.Ti/c3*1-2-3-4-6-5;/h3*2-4H2,1H3;. The number of rotatable bonds is 9. The molecule has 118 valence electrons. The van der Waals surface area contributed by atoms with E-state index in [0.717, 1.165) is 38.5 Å². The van der Waals surface area contributed by atoms with Crippen molar-refractivity contribution in [1.29, 1.82) is 0 Å². The van der Waals surface area contributed by atoms with Crippen molar-refractivity contribution in [3.05, 3.63) is 0 Å². The molecule has 0 aliphatic rings. The summed E-state index contributed by atoms with van der Waals surface area (Å²) in [5, 5.41) is 0. The molecule has 0 radical (unpaired) electrons. The van der Waals surface area contributed by atoms with Crippen LogP contribution in [0.15, 0.2) is 0 Å². The molecule has 0 atom stereocenters. The summed E-state index contributed by atoms with van der Waals surface area (Å²) < 4.78 is 12.8. The SMILES string of the molecule is CCCCOCl.CCCCOCl.CCCCOCl.[Ti]. The summed E-state index contributed by atoms with van der Waals surface area (Å²) in [6.07, 6.45) is 6.61. The Balaban J connectivity index is -0.0000000865. The van der Waals surface area contributed by atoms with Gasteiger partial charge in [-0.25, -0.2) is 0 Å². The first kappa shape index (κ1) is 28.6. The Hall–Kier alpha value is 1.46. The van der Waals surface area contributed by atoms with Crippen molar-refractivity contribution in [3.8, 4) is 0 Å². The van der Waals surface area contributed by atoms with Crippen molar-refractivity contribution in [2.45, 2.75) is 59.3 Å². The summed E-state index contributed by atoms with van der Waals surface area (Å²) >= 11 is 14.6. The molecule has 0 amide bonds. The number of hydrogen-bond donors (Lipinski definition) is 0. The van der Waals surface area contributed by atoms with Crippen LogP contribution in [0.3, 0.4) is 0 Å². The third-order valence-corrected chi connectivity index (χ3v) is 2.19. The van der Waals surface area contributed by atoms with Gasteiger partial charge >= 0.3 is 0 Å². The summed E-state index contributed by atoms with van der Waals surface area (Å²) in [5.74, 6) is 0. The van der Waals surface area contributed by atoms with Crippen molar-refractivity contribution >= 4 is 35.6 Å². The molecule has 0 saturated heterocycles. The maximum Gasteiger partial charge on any atom is 0.0682 e. The Morgan fingerprint density at radius 2 is 0.789 bits per heavy atom. The van der Waals surface area contributed by atoms with Crippen molar-refractivity contribution in [3.63, 3.8) is 0 Å². The van der Waals surface area contributed by atoms with Gasteiger partial charge in [0, 0.05) is 21.7 Å². The van der Waals surface area contributed by atoms with Crippen LogP contribution in [0, 0.1) is 0 Å². The molecular formula is C12H27Cl3O3Ti. The van der Waals surface area contributed by atoms with E-state index in [-0.39, 0.29) is 21.7 Å². The molecule has 0 spiro atoms. The summed E-state index contributed by atoms with van der Waals surface area (Å²) in [6, 6.07) is 0. The molecule has 0 rings (SSSR count). The van der Waals surface area contributed by atoms with Crippen molar-refractivity contribution < 1.29 is 34.6 Å². The van der Waals surface area contributed by atoms with Crippen LogP contribution >= 0.6 is 35.6 Å². The average molecular weight is 374 g/mol. The van der Waals surface area contributed by atoms with Gasteiger partial charge in [0.1, 0.15) is 0 Å². The van der Waals surface area contributed by atoms with Gasteiger partial charge < -0.3 is 0 Å². The van der Waals surface area contributed by atoms with Crippen LogP contribution in [0.25, 0.3) is 0 Å². The molecule has 0 aromatic rings. The third kappa shape index (κ3) is 54.2. The molecule has 0 fully saturated rings. The third-order valence-electron chi connectivity index (χ3n) is 1.73. The Morgan fingerprint density at radius 1 is 0.579 bits per heavy atom. The number of hydrogen-bond acceptors (Lipinski definition) is 3. The molecule has 3 nitrogen and oxygen atoms in total. The number of halogens is 3. The van der Waals surface area contributed by atoms with E-state index in [0.29, 0.717) is 19.8 Å². The number of unbranched alkanes of at least 4 members (excludes halogenated alkanes) is 3. The fourth-order valence-electron chi connectivity index (χ4n) is 0.597. The van der Waals surface area contributed by atoms with E-state index in [1.54, 1.807) is 0 Å². The minimum absolute atomic E-state index is 0. The Morgan fingerprint density at radius 3 is 0.842 bits per heavy atom. The van der Waals surface area contributed by atoms with Gasteiger partial charge in [0.05, 0.1) is 55.4 Å². The first-order valence-corrected chi connectivity index (χ1v) is 7.38. The smallest absolute Gasteiger partial charge is 0.0682 e. The van der Waals surface area contributed by atoms with E-state index >= 15 is 0 Å². The molecule has 7 heteroatoms. The minimum Gasteiger partial charge on any atom is -0.279 e. The average Bonchev–Trinajstić information content (AvgIpc) is 2.42. The molecule has 0 aliphatic heterocycles. The first-order chi connectivity index (χ1) is 8.74. The van der Waals surface area contributed by atoms with Crippen LogP contribution in [0.2, 0.25) is 0 Å². The normalized spacial score (nSPS) is 8.53.